The average Bonchev–Trinajstić information content (AvgIpc) is 3.16. The van der Waals surface area contributed by atoms with Gasteiger partial charge in [-0.15, -0.1) is 0 Å². The minimum atomic E-state index is 0.524. The summed E-state index contributed by atoms with van der Waals surface area (Å²) in [4.78, 5) is 0. The zero-order valence-corrected chi connectivity index (χ0v) is 12.0. The van der Waals surface area contributed by atoms with E-state index >= 15 is 0 Å². The lowest BCUT2D eigenvalue weighted by atomic mass is 10.0. The highest BCUT2D eigenvalue weighted by atomic mass is 15.3. The molecule has 2 N–H and O–H groups in total. The van der Waals surface area contributed by atoms with Gasteiger partial charge in [-0.3, -0.25) is 4.68 Å². The summed E-state index contributed by atoms with van der Waals surface area (Å²) < 4.78 is 2.08. The molecule has 3 nitrogen and oxygen atoms in total. The topological polar surface area (TPSA) is 43.8 Å². The van der Waals surface area contributed by atoms with Gasteiger partial charge in [-0.1, -0.05) is 55.3 Å². The normalized spacial score (nSPS) is 15.8. The molecule has 1 heterocycles. The van der Waals surface area contributed by atoms with Crippen molar-refractivity contribution >= 4 is 16.5 Å². The first-order valence-electron chi connectivity index (χ1n) is 7.66. The van der Waals surface area contributed by atoms with Gasteiger partial charge in [0.25, 0.3) is 0 Å². The first-order chi connectivity index (χ1) is 10.3. The second kappa shape index (κ2) is 4.92. The highest BCUT2D eigenvalue weighted by Gasteiger charge is 2.20. The Balaban J connectivity index is 1.85. The van der Waals surface area contributed by atoms with E-state index in [0.29, 0.717) is 6.04 Å². The molecule has 106 valence electrons. The Morgan fingerprint density at radius 1 is 1.00 bits per heavy atom. The van der Waals surface area contributed by atoms with Crippen LogP contribution in [-0.4, -0.2) is 9.78 Å². The van der Waals surface area contributed by atoms with Gasteiger partial charge in [-0.05, 0) is 23.6 Å². The number of hydrogen-bond acceptors (Lipinski definition) is 2. The second-order valence-electron chi connectivity index (χ2n) is 5.88. The lowest BCUT2D eigenvalue weighted by Crippen LogP contribution is -2.04. The van der Waals surface area contributed by atoms with Gasteiger partial charge in [0, 0.05) is 11.8 Å². The maximum atomic E-state index is 6.25. The third kappa shape index (κ3) is 2.09. The van der Waals surface area contributed by atoms with Crippen molar-refractivity contribution in [1.82, 2.24) is 9.78 Å². The number of nitrogen functional groups attached to an aromatic ring is 1. The number of anilines is 1. The Labute approximate surface area is 124 Å². The standard InChI is InChI=1S/C18H19N3/c19-17-12-21(14-8-2-3-9-14)20-18(17)16-11-5-7-13-6-1-4-10-15(13)16/h1,4-7,10-12,14H,2-3,8-9,19H2. The summed E-state index contributed by atoms with van der Waals surface area (Å²) in [6, 6.07) is 15.2. The molecule has 0 radical (unpaired) electrons. The van der Waals surface area contributed by atoms with Crippen LogP contribution in [0.2, 0.25) is 0 Å². The van der Waals surface area contributed by atoms with Crippen molar-refractivity contribution in [2.24, 2.45) is 0 Å². The second-order valence-corrected chi connectivity index (χ2v) is 5.88. The number of aromatic nitrogens is 2. The molecule has 2 aromatic carbocycles. The van der Waals surface area contributed by atoms with Crippen LogP contribution in [0.4, 0.5) is 5.69 Å². The molecule has 0 bridgehead atoms. The molecule has 0 spiro atoms. The summed E-state index contributed by atoms with van der Waals surface area (Å²) in [7, 11) is 0. The third-order valence-corrected chi connectivity index (χ3v) is 4.50. The summed E-state index contributed by atoms with van der Waals surface area (Å²) in [5.74, 6) is 0. The van der Waals surface area contributed by atoms with Crippen LogP contribution in [0.25, 0.3) is 22.0 Å². The van der Waals surface area contributed by atoms with Crippen molar-refractivity contribution < 1.29 is 0 Å². The summed E-state index contributed by atoms with van der Waals surface area (Å²) in [6.45, 7) is 0. The van der Waals surface area contributed by atoms with Gasteiger partial charge in [0.05, 0.1) is 11.7 Å². The van der Waals surface area contributed by atoms with E-state index in [1.54, 1.807) is 0 Å². The molecule has 4 rings (SSSR count). The van der Waals surface area contributed by atoms with E-state index in [0.717, 1.165) is 16.9 Å². The van der Waals surface area contributed by atoms with Crippen molar-refractivity contribution in [3.63, 3.8) is 0 Å². The molecule has 21 heavy (non-hydrogen) atoms. The fourth-order valence-electron chi connectivity index (χ4n) is 3.40. The minimum absolute atomic E-state index is 0.524. The van der Waals surface area contributed by atoms with Gasteiger partial charge in [-0.25, -0.2) is 0 Å². The van der Waals surface area contributed by atoms with Crippen LogP contribution in [0.15, 0.2) is 48.7 Å². The summed E-state index contributed by atoms with van der Waals surface area (Å²) in [5, 5.41) is 7.24. The van der Waals surface area contributed by atoms with Crippen molar-refractivity contribution in [1.29, 1.82) is 0 Å². The Morgan fingerprint density at radius 3 is 2.62 bits per heavy atom. The third-order valence-electron chi connectivity index (χ3n) is 4.50. The van der Waals surface area contributed by atoms with Gasteiger partial charge in [-0.2, -0.15) is 5.10 Å². The summed E-state index contributed by atoms with van der Waals surface area (Å²) in [6.07, 6.45) is 7.04. The molecule has 1 aromatic heterocycles. The van der Waals surface area contributed by atoms with Gasteiger partial charge < -0.3 is 5.73 Å². The number of nitrogens with zero attached hydrogens (tertiary/aromatic N) is 2. The smallest absolute Gasteiger partial charge is 0.116 e. The molecular formula is C18H19N3. The van der Waals surface area contributed by atoms with Crippen LogP contribution in [0.3, 0.4) is 0 Å². The Morgan fingerprint density at radius 2 is 1.76 bits per heavy atom. The lowest BCUT2D eigenvalue weighted by Gasteiger charge is -2.09. The fraction of sp³-hybridized carbons (Fsp3) is 0.278. The molecule has 0 amide bonds. The van der Waals surface area contributed by atoms with Crippen LogP contribution in [0, 0.1) is 0 Å². The molecule has 0 saturated heterocycles. The predicted molar refractivity (Wildman–Crippen MR) is 87.1 cm³/mol. The maximum Gasteiger partial charge on any atom is 0.116 e. The monoisotopic (exact) mass is 277 g/mol. The largest absolute Gasteiger partial charge is 0.396 e. The quantitative estimate of drug-likeness (QED) is 0.754. The Bertz CT molecular complexity index is 777. The Kier molecular flexibility index (Phi) is 2.92. The van der Waals surface area contributed by atoms with Crippen molar-refractivity contribution in [3.05, 3.63) is 48.7 Å². The SMILES string of the molecule is Nc1cn(C2CCCC2)nc1-c1cccc2ccccc12. The number of fused-ring (bicyclic) bond motifs is 1. The first kappa shape index (κ1) is 12.5. The molecule has 1 aliphatic carbocycles. The highest BCUT2D eigenvalue weighted by molar-refractivity contribution is 5.97. The number of rotatable bonds is 2. The summed E-state index contributed by atoms with van der Waals surface area (Å²) in [5.41, 5.74) is 9.07. The molecule has 3 heteroatoms. The van der Waals surface area contributed by atoms with E-state index in [1.807, 2.05) is 6.20 Å². The highest BCUT2D eigenvalue weighted by Crippen LogP contribution is 2.35. The molecular weight excluding hydrogens is 258 g/mol. The van der Waals surface area contributed by atoms with Crippen LogP contribution < -0.4 is 5.73 Å². The molecule has 1 aliphatic rings. The average molecular weight is 277 g/mol. The van der Waals surface area contributed by atoms with E-state index in [4.69, 9.17) is 10.8 Å². The van der Waals surface area contributed by atoms with Crippen molar-refractivity contribution in [3.8, 4) is 11.3 Å². The van der Waals surface area contributed by atoms with Crippen LogP contribution in [0.1, 0.15) is 31.7 Å². The molecule has 0 unspecified atom stereocenters. The number of hydrogen-bond donors (Lipinski definition) is 1. The Hall–Kier alpha value is -2.29. The van der Waals surface area contributed by atoms with Crippen LogP contribution in [0.5, 0.6) is 0 Å². The van der Waals surface area contributed by atoms with E-state index < -0.39 is 0 Å². The zero-order chi connectivity index (χ0) is 14.2. The van der Waals surface area contributed by atoms with E-state index in [1.165, 1.54) is 36.5 Å². The minimum Gasteiger partial charge on any atom is -0.396 e. The molecule has 1 fully saturated rings. The fourth-order valence-corrected chi connectivity index (χ4v) is 3.40. The van der Waals surface area contributed by atoms with Gasteiger partial charge in [0.2, 0.25) is 0 Å². The van der Waals surface area contributed by atoms with Gasteiger partial charge in [0.1, 0.15) is 5.69 Å². The van der Waals surface area contributed by atoms with Crippen molar-refractivity contribution in [2.75, 3.05) is 5.73 Å². The molecule has 1 saturated carbocycles. The molecule has 3 aromatic rings. The van der Waals surface area contributed by atoms with E-state index in [9.17, 15) is 0 Å². The van der Waals surface area contributed by atoms with E-state index in [-0.39, 0.29) is 0 Å². The number of nitrogens with two attached hydrogens (primary N) is 1. The first-order valence-corrected chi connectivity index (χ1v) is 7.66. The maximum absolute atomic E-state index is 6.25. The van der Waals surface area contributed by atoms with Gasteiger partial charge >= 0.3 is 0 Å². The number of benzene rings is 2. The molecule has 0 aliphatic heterocycles. The van der Waals surface area contributed by atoms with Gasteiger partial charge in [0.15, 0.2) is 0 Å². The van der Waals surface area contributed by atoms with E-state index in [2.05, 4.69) is 47.1 Å². The van der Waals surface area contributed by atoms with Crippen LogP contribution >= 0.6 is 0 Å². The molecule has 0 atom stereocenters. The van der Waals surface area contributed by atoms with Crippen molar-refractivity contribution in [2.45, 2.75) is 31.7 Å². The predicted octanol–water partition coefficient (Wildman–Crippen LogP) is 4.40. The lowest BCUT2D eigenvalue weighted by molar-refractivity contribution is 0.468. The van der Waals surface area contributed by atoms with Crippen LogP contribution in [-0.2, 0) is 0 Å². The summed E-state index contributed by atoms with van der Waals surface area (Å²) >= 11 is 0. The zero-order valence-electron chi connectivity index (χ0n) is 12.0.